The van der Waals surface area contributed by atoms with Crippen molar-refractivity contribution in [1.82, 2.24) is 18.4 Å². The Morgan fingerprint density at radius 2 is 1.21 bits per heavy atom. The van der Waals surface area contributed by atoms with Gasteiger partial charge in [0, 0.05) is 38.1 Å². The Balaban J connectivity index is 1.29. The number of aryl methyl sites for hydroxylation is 1. The van der Waals surface area contributed by atoms with Gasteiger partial charge >= 0.3 is 0 Å². The van der Waals surface area contributed by atoms with Crippen molar-refractivity contribution in [2.45, 2.75) is 75.2 Å². The number of aromatic nitrogens is 2. The van der Waals surface area contributed by atoms with Crippen LogP contribution in [-0.2, 0) is 35.9 Å². The van der Waals surface area contributed by atoms with Gasteiger partial charge in [-0.15, -0.1) is 0 Å². The van der Waals surface area contributed by atoms with E-state index >= 15 is 0 Å². The number of amides is 1. The molecule has 0 aliphatic carbocycles. The van der Waals surface area contributed by atoms with Gasteiger partial charge in [-0.2, -0.15) is 13.7 Å². The lowest BCUT2D eigenvalue weighted by Crippen LogP contribution is -2.48. The number of carbonyl (C=O) groups is 1. The minimum atomic E-state index is -3.77. The van der Waals surface area contributed by atoms with Crippen molar-refractivity contribution >= 4 is 37.3 Å². The highest BCUT2D eigenvalue weighted by Crippen LogP contribution is 2.25. The molecule has 2 aliphatic rings. The lowest BCUT2D eigenvalue weighted by atomic mass is 10.1. The van der Waals surface area contributed by atoms with Crippen molar-refractivity contribution in [1.29, 1.82) is 0 Å². The lowest BCUT2D eigenvalue weighted by molar-refractivity contribution is -0.0442. The Kier molecular flexibility index (Phi) is 11.1. The first-order valence-electron chi connectivity index (χ1n) is 17.3. The zero-order valence-corrected chi connectivity index (χ0v) is 31.5. The Bertz CT molecular complexity index is 2170. The Morgan fingerprint density at radius 1 is 0.731 bits per heavy atom. The van der Waals surface area contributed by atoms with E-state index in [1.807, 2.05) is 52.0 Å². The third kappa shape index (κ3) is 8.35. The maximum atomic E-state index is 13.8. The van der Waals surface area contributed by atoms with Crippen molar-refractivity contribution < 1.29 is 31.1 Å². The highest BCUT2D eigenvalue weighted by atomic mass is 32.2. The number of anilines is 1. The topological polar surface area (TPSA) is 152 Å². The molecular weight excluding hydrogens is 705 g/mol. The summed E-state index contributed by atoms with van der Waals surface area (Å²) in [6, 6.07) is 21.6. The van der Waals surface area contributed by atoms with Crippen LogP contribution < -0.4 is 10.7 Å². The first-order chi connectivity index (χ1) is 24.7. The normalized spacial score (nSPS) is 22.3. The number of nitrogens with zero attached hydrogens (tertiary/aromatic N) is 5. The molecule has 276 valence electrons. The van der Waals surface area contributed by atoms with Gasteiger partial charge < -0.3 is 14.8 Å². The molecule has 2 fully saturated rings. The molecule has 0 radical (unpaired) electrons. The summed E-state index contributed by atoms with van der Waals surface area (Å²) >= 11 is 0. The maximum Gasteiger partial charge on any atom is 0.278 e. The molecule has 4 aromatic rings. The van der Waals surface area contributed by atoms with Crippen LogP contribution in [-0.4, -0.2) is 91.7 Å². The Morgan fingerprint density at radius 3 is 1.69 bits per heavy atom. The predicted molar refractivity (Wildman–Crippen MR) is 197 cm³/mol. The van der Waals surface area contributed by atoms with Crippen molar-refractivity contribution in [3.8, 4) is 5.69 Å². The molecule has 13 nitrogen and oxygen atoms in total. The monoisotopic (exact) mass is 748 g/mol. The van der Waals surface area contributed by atoms with Crippen LogP contribution in [0.2, 0.25) is 0 Å². The van der Waals surface area contributed by atoms with Gasteiger partial charge in [0.15, 0.2) is 5.69 Å². The summed E-state index contributed by atoms with van der Waals surface area (Å²) in [5.41, 5.74) is 2.68. The summed E-state index contributed by atoms with van der Waals surface area (Å²) in [4.78, 5) is 18.8. The van der Waals surface area contributed by atoms with Crippen LogP contribution in [0, 0.1) is 0 Å². The van der Waals surface area contributed by atoms with E-state index in [4.69, 9.17) is 9.47 Å². The predicted octanol–water partition coefficient (Wildman–Crippen LogP) is 4.52. The first-order valence-corrected chi connectivity index (χ1v) is 20.2. The second kappa shape index (κ2) is 15.4. The molecular formula is C37H44N6O7S2. The van der Waals surface area contributed by atoms with Crippen molar-refractivity contribution in [3.63, 3.8) is 0 Å². The van der Waals surface area contributed by atoms with E-state index < -0.39 is 26.0 Å². The molecule has 4 atom stereocenters. The number of hydrogen-bond acceptors (Lipinski definition) is 9. The Labute approximate surface area is 305 Å². The van der Waals surface area contributed by atoms with Crippen molar-refractivity contribution in [2.24, 2.45) is 4.99 Å². The van der Waals surface area contributed by atoms with Gasteiger partial charge in [-0.3, -0.25) is 4.79 Å². The van der Waals surface area contributed by atoms with Gasteiger partial charge in [-0.05, 0) is 106 Å². The maximum absolute atomic E-state index is 13.8. The number of rotatable bonds is 9. The van der Waals surface area contributed by atoms with Crippen LogP contribution in [0.1, 0.15) is 50.7 Å². The Hall–Kier alpha value is -4.25. The lowest BCUT2D eigenvalue weighted by Gasteiger charge is -2.34. The van der Waals surface area contributed by atoms with Crippen molar-refractivity contribution in [3.05, 3.63) is 102 Å². The molecule has 1 N–H and O–H groups in total. The summed E-state index contributed by atoms with van der Waals surface area (Å²) in [6.45, 7) is 10.5. The minimum Gasteiger partial charge on any atom is -0.373 e. The molecule has 0 saturated carbocycles. The highest BCUT2D eigenvalue weighted by Gasteiger charge is 2.33. The van der Waals surface area contributed by atoms with E-state index in [-0.39, 0.29) is 71.4 Å². The van der Waals surface area contributed by atoms with Crippen LogP contribution in [0.3, 0.4) is 0 Å². The standard InChI is InChI=1S/C37H44N6O7S2/c1-6-29-7-13-32(14-8-29)43-20-19-35(38-30-9-15-33(16-10-30)51(45,46)41-21-25(2)49-26(3)22-41)36(40-43)37(44)39-31-11-17-34(18-12-31)52(47,48)42-23-27(4)50-28(5)24-42/h7-20,25-28H,6,21-24H2,1-5H3,(H,39,44)/t25-,26+,27-,28-/m0/s1. The fourth-order valence-electron chi connectivity index (χ4n) is 6.38. The third-order valence-electron chi connectivity index (χ3n) is 8.89. The fraction of sp³-hybridized carbons (Fsp3) is 0.378. The number of morpholine rings is 2. The van der Waals surface area contributed by atoms with E-state index in [0.29, 0.717) is 11.4 Å². The SMILES string of the molecule is CCc1ccc(-n2ccc(=Nc3ccc(S(=O)(=O)N4C[C@@H](C)O[C@@H](C)C4)cc3)c(C(=O)Nc3ccc(S(=O)(=O)N4C[C@H](C)O[C@@H](C)C4)cc3)n2)cc1. The molecule has 0 unspecified atom stereocenters. The van der Waals surface area contributed by atoms with Crippen LogP contribution in [0.5, 0.6) is 0 Å². The van der Waals surface area contributed by atoms with Crippen molar-refractivity contribution in [2.75, 3.05) is 31.5 Å². The second-order valence-electron chi connectivity index (χ2n) is 13.3. The number of carbonyl (C=O) groups excluding carboxylic acids is 1. The molecule has 1 amide bonds. The largest absolute Gasteiger partial charge is 0.373 e. The summed E-state index contributed by atoms with van der Waals surface area (Å²) in [7, 11) is -7.52. The van der Waals surface area contributed by atoms with E-state index in [0.717, 1.165) is 17.7 Å². The summed E-state index contributed by atoms with van der Waals surface area (Å²) in [5, 5.41) is 7.72. The fourth-order valence-corrected chi connectivity index (χ4v) is 9.56. The van der Waals surface area contributed by atoms with Gasteiger partial charge in [0.2, 0.25) is 20.0 Å². The number of hydrogen-bond donors (Lipinski definition) is 1. The molecule has 52 heavy (non-hydrogen) atoms. The zero-order chi connectivity index (χ0) is 37.2. The smallest absolute Gasteiger partial charge is 0.278 e. The highest BCUT2D eigenvalue weighted by molar-refractivity contribution is 7.89. The first kappa shape index (κ1) is 37.5. The van der Waals surface area contributed by atoms with E-state index in [1.165, 1.54) is 45.0 Å². The number of sulfonamides is 2. The van der Waals surface area contributed by atoms with Gasteiger partial charge in [-0.25, -0.2) is 26.5 Å². The average molecular weight is 749 g/mol. The molecule has 15 heteroatoms. The van der Waals surface area contributed by atoms with Crippen LogP contribution in [0.15, 0.2) is 99.8 Å². The molecule has 3 aromatic carbocycles. The van der Waals surface area contributed by atoms with Gasteiger partial charge in [0.05, 0.1) is 50.9 Å². The zero-order valence-electron chi connectivity index (χ0n) is 29.8. The average Bonchev–Trinajstić information content (AvgIpc) is 3.11. The van der Waals surface area contributed by atoms with E-state index in [1.54, 1.807) is 29.1 Å². The van der Waals surface area contributed by atoms with E-state index in [9.17, 15) is 21.6 Å². The number of nitrogens with one attached hydrogen (secondary N) is 1. The molecule has 3 heterocycles. The molecule has 2 aliphatic heterocycles. The second-order valence-corrected chi connectivity index (χ2v) is 17.1. The number of benzene rings is 3. The van der Waals surface area contributed by atoms with Gasteiger partial charge in [0.1, 0.15) is 0 Å². The minimum absolute atomic E-state index is 0.00282. The molecule has 6 rings (SSSR count). The van der Waals surface area contributed by atoms with Gasteiger partial charge in [-0.1, -0.05) is 19.1 Å². The van der Waals surface area contributed by atoms with Gasteiger partial charge in [0.25, 0.3) is 5.91 Å². The number of ether oxygens (including phenoxy) is 2. The molecule has 0 spiro atoms. The van der Waals surface area contributed by atoms with Crippen LogP contribution in [0.25, 0.3) is 5.69 Å². The summed E-state index contributed by atoms with van der Waals surface area (Å²) in [5.74, 6) is -0.570. The van der Waals surface area contributed by atoms with Crippen LogP contribution >= 0.6 is 0 Å². The molecule has 0 bridgehead atoms. The summed E-state index contributed by atoms with van der Waals surface area (Å²) in [6.07, 6.45) is 1.68. The molecule has 2 saturated heterocycles. The van der Waals surface area contributed by atoms with E-state index in [2.05, 4.69) is 22.3 Å². The third-order valence-corrected chi connectivity index (χ3v) is 12.6. The molecule has 1 aromatic heterocycles. The summed E-state index contributed by atoms with van der Waals surface area (Å²) < 4.78 is 69.3. The quantitative estimate of drug-likeness (QED) is 0.263. The van der Waals surface area contributed by atoms with Crippen LogP contribution in [0.4, 0.5) is 11.4 Å².